The fraction of sp³-hybridized carbons (Fsp3) is 0.765. The molecule has 144 valence electrons. The quantitative estimate of drug-likeness (QED) is 0.824. The van der Waals surface area contributed by atoms with E-state index < -0.39 is 15.3 Å². The van der Waals surface area contributed by atoms with Gasteiger partial charge in [-0.2, -0.15) is 9.40 Å². The van der Waals surface area contributed by atoms with Crippen LogP contribution in [-0.4, -0.2) is 78.4 Å². The first-order chi connectivity index (χ1) is 12.6. The van der Waals surface area contributed by atoms with Gasteiger partial charge in [-0.15, -0.1) is 0 Å². The third kappa shape index (κ3) is 3.27. The maximum atomic E-state index is 13.0. The Labute approximate surface area is 153 Å². The van der Waals surface area contributed by atoms with Crippen LogP contribution in [0.1, 0.15) is 47.4 Å². The molecule has 3 aliphatic rings. The predicted molar refractivity (Wildman–Crippen MR) is 95.5 cm³/mol. The number of aromatic nitrogens is 2. The van der Waals surface area contributed by atoms with Crippen molar-refractivity contribution in [1.82, 2.24) is 19.4 Å². The summed E-state index contributed by atoms with van der Waals surface area (Å²) in [5.41, 5.74) is 2.58. The summed E-state index contributed by atoms with van der Waals surface area (Å²) in [5, 5.41) is 6.72. The zero-order chi connectivity index (χ0) is 18.1. The highest BCUT2D eigenvalue weighted by Gasteiger charge is 2.38. The third-order valence-corrected chi connectivity index (χ3v) is 7.99. The lowest BCUT2D eigenvalue weighted by atomic mass is 9.95. The van der Waals surface area contributed by atoms with Crippen molar-refractivity contribution in [3.63, 3.8) is 0 Å². The van der Waals surface area contributed by atoms with Gasteiger partial charge in [0, 0.05) is 37.4 Å². The monoisotopic (exact) mass is 382 g/mol. The van der Waals surface area contributed by atoms with Gasteiger partial charge in [-0.05, 0) is 38.5 Å². The SMILES string of the molecule is O=C(c1n[nH]c2c1CCCC2)N1CCC[C@@H](S(=O)(=O)N2CCOCC2)C1. The van der Waals surface area contributed by atoms with Gasteiger partial charge in [0.05, 0.1) is 18.5 Å². The number of H-pyrrole nitrogens is 1. The number of likely N-dealkylation sites (tertiary alicyclic amines) is 1. The maximum absolute atomic E-state index is 13.0. The van der Waals surface area contributed by atoms with Crippen molar-refractivity contribution >= 4 is 15.9 Å². The second-order valence-corrected chi connectivity index (χ2v) is 9.52. The predicted octanol–water partition coefficient (Wildman–Crippen LogP) is 0.555. The van der Waals surface area contributed by atoms with Crippen LogP contribution in [0.15, 0.2) is 0 Å². The van der Waals surface area contributed by atoms with Gasteiger partial charge >= 0.3 is 0 Å². The lowest BCUT2D eigenvalue weighted by molar-refractivity contribution is 0.0682. The van der Waals surface area contributed by atoms with Crippen molar-refractivity contribution in [2.24, 2.45) is 0 Å². The highest BCUT2D eigenvalue weighted by molar-refractivity contribution is 7.89. The third-order valence-electron chi connectivity index (χ3n) is 5.68. The summed E-state index contributed by atoms with van der Waals surface area (Å²) in [6.45, 7) is 2.52. The number of amides is 1. The number of sulfonamides is 1. The van der Waals surface area contributed by atoms with Crippen LogP contribution in [0.3, 0.4) is 0 Å². The van der Waals surface area contributed by atoms with Crippen molar-refractivity contribution < 1.29 is 17.9 Å². The fourth-order valence-corrected chi connectivity index (χ4v) is 6.10. The van der Waals surface area contributed by atoms with Gasteiger partial charge in [-0.25, -0.2) is 8.42 Å². The summed E-state index contributed by atoms with van der Waals surface area (Å²) in [4.78, 5) is 14.7. The van der Waals surface area contributed by atoms with Crippen LogP contribution in [0.25, 0.3) is 0 Å². The number of aromatic amines is 1. The molecule has 0 aromatic carbocycles. The number of ether oxygens (including phenoxy) is 1. The fourth-order valence-electron chi connectivity index (χ4n) is 4.19. The van der Waals surface area contributed by atoms with Crippen molar-refractivity contribution in [2.45, 2.75) is 43.8 Å². The largest absolute Gasteiger partial charge is 0.379 e. The van der Waals surface area contributed by atoms with E-state index in [-0.39, 0.29) is 12.5 Å². The molecule has 0 spiro atoms. The zero-order valence-electron chi connectivity index (χ0n) is 14.9. The highest BCUT2D eigenvalue weighted by atomic mass is 32.2. The second-order valence-electron chi connectivity index (χ2n) is 7.31. The van der Waals surface area contributed by atoms with Crippen molar-refractivity contribution in [2.75, 3.05) is 39.4 Å². The molecule has 0 bridgehead atoms. The number of carbonyl (C=O) groups is 1. The van der Waals surface area contributed by atoms with Crippen LogP contribution in [-0.2, 0) is 27.6 Å². The van der Waals surface area contributed by atoms with E-state index >= 15 is 0 Å². The maximum Gasteiger partial charge on any atom is 0.274 e. The van der Waals surface area contributed by atoms with E-state index in [0.717, 1.165) is 36.9 Å². The smallest absolute Gasteiger partial charge is 0.274 e. The minimum atomic E-state index is -3.41. The molecule has 1 aliphatic carbocycles. The molecule has 0 unspecified atom stereocenters. The van der Waals surface area contributed by atoms with E-state index in [4.69, 9.17) is 4.74 Å². The summed E-state index contributed by atoms with van der Waals surface area (Å²) in [5.74, 6) is -0.133. The van der Waals surface area contributed by atoms with Crippen molar-refractivity contribution in [3.05, 3.63) is 17.0 Å². The summed E-state index contributed by atoms with van der Waals surface area (Å²) in [6, 6.07) is 0. The molecule has 1 N–H and O–H groups in total. The Balaban J connectivity index is 1.50. The van der Waals surface area contributed by atoms with Gasteiger partial charge in [-0.1, -0.05) is 0 Å². The zero-order valence-corrected chi connectivity index (χ0v) is 15.8. The summed E-state index contributed by atoms with van der Waals surface area (Å²) >= 11 is 0. The first kappa shape index (κ1) is 17.9. The van der Waals surface area contributed by atoms with Crippen LogP contribution in [0, 0.1) is 0 Å². The number of morpholine rings is 1. The minimum Gasteiger partial charge on any atom is -0.379 e. The van der Waals surface area contributed by atoms with E-state index in [1.807, 2.05) is 0 Å². The Morgan fingerprint density at radius 2 is 1.88 bits per heavy atom. The molecule has 1 aromatic heterocycles. The molecule has 1 atom stereocenters. The van der Waals surface area contributed by atoms with Crippen LogP contribution in [0.2, 0.25) is 0 Å². The number of hydrogen-bond donors (Lipinski definition) is 1. The average Bonchev–Trinajstić information content (AvgIpc) is 3.12. The van der Waals surface area contributed by atoms with Gasteiger partial charge in [0.2, 0.25) is 10.0 Å². The molecule has 9 heteroatoms. The van der Waals surface area contributed by atoms with E-state index in [2.05, 4.69) is 10.2 Å². The topological polar surface area (TPSA) is 95.6 Å². The molecule has 2 fully saturated rings. The molecular formula is C17H26N4O4S. The molecule has 4 rings (SSSR count). The minimum absolute atomic E-state index is 0.133. The van der Waals surface area contributed by atoms with Crippen molar-refractivity contribution in [1.29, 1.82) is 0 Å². The molecular weight excluding hydrogens is 356 g/mol. The molecule has 8 nitrogen and oxygen atoms in total. The summed E-state index contributed by atoms with van der Waals surface area (Å²) < 4.78 is 32.7. The van der Waals surface area contributed by atoms with Gasteiger partial charge in [0.15, 0.2) is 5.69 Å². The Hall–Kier alpha value is -1.45. The number of hydrogen-bond acceptors (Lipinski definition) is 5. The van der Waals surface area contributed by atoms with E-state index in [1.165, 1.54) is 4.31 Å². The Bertz CT molecular complexity index is 770. The summed E-state index contributed by atoms with van der Waals surface area (Å²) in [7, 11) is -3.41. The standard InChI is InChI=1S/C17H26N4O4S/c22-17(16-14-5-1-2-6-15(14)18-19-16)20-7-3-4-13(12-20)26(23,24)21-8-10-25-11-9-21/h13H,1-12H2,(H,18,19)/t13-/m1/s1. The number of piperidine rings is 1. The van der Waals surface area contributed by atoms with Gasteiger partial charge < -0.3 is 9.64 Å². The normalized spacial score (nSPS) is 25.1. The van der Waals surface area contributed by atoms with Crippen LogP contribution < -0.4 is 0 Å². The highest BCUT2D eigenvalue weighted by Crippen LogP contribution is 2.26. The van der Waals surface area contributed by atoms with Crippen molar-refractivity contribution in [3.8, 4) is 0 Å². The van der Waals surface area contributed by atoms with Gasteiger partial charge in [-0.3, -0.25) is 9.89 Å². The lowest BCUT2D eigenvalue weighted by Crippen LogP contribution is -2.52. The van der Waals surface area contributed by atoms with E-state index in [0.29, 0.717) is 51.4 Å². The van der Waals surface area contributed by atoms with Crippen LogP contribution in [0.4, 0.5) is 0 Å². The molecule has 1 amide bonds. The lowest BCUT2D eigenvalue weighted by Gasteiger charge is -2.36. The number of rotatable bonds is 3. The molecule has 2 aliphatic heterocycles. The molecule has 2 saturated heterocycles. The Morgan fingerprint density at radius 1 is 1.12 bits per heavy atom. The van der Waals surface area contributed by atoms with Gasteiger partial charge in [0.25, 0.3) is 5.91 Å². The van der Waals surface area contributed by atoms with Crippen LogP contribution >= 0.6 is 0 Å². The molecule has 3 heterocycles. The average molecular weight is 382 g/mol. The first-order valence-electron chi connectivity index (χ1n) is 9.49. The first-order valence-corrected chi connectivity index (χ1v) is 11.0. The number of fused-ring (bicyclic) bond motifs is 1. The number of carbonyl (C=O) groups excluding carboxylic acids is 1. The van der Waals surface area contributed by atoms with Crippen LogP contribution in [0.5, 0.6) is 0 Å². The Morgan fingerprint density at radius 3 is 2.69 bits per heavy atom. The second kappa shape index (κ2) is 7.28. The molecule has 0 saturated carbocycles. The van der Waals surface area contributed by atoms with Gasteiger partial charge in [0.1, 0.15) is 0 Å². The number of nitrogens with zero attached hydrogens (tertiary/aromatic N) is 3. The van der Waals surface area contributed by atoms with E-state index in [9.17, 15) is 13.2 Å². The number of aryl methyl sites for hydroxylation is 1. The number of nitrogens with one attached hydrogen (secondary N) is 1. The molecule has 0 radical (unpaired) electrons. The molecule has 1 aromatic rings. The Kier molecular flexibility index (Phi) is 5.02. The summed E-state index contributed by atoms with van der Waals surface area (Å²) in [6.07, 6.45) is 5.29. The molecule has 26 heavy (non-hydrogen) atoms. The van der Waals surface area contributed by atoms with E-state index in [1.54, 1.807) is 4.90 Å².